The summed E-state index contributed by atoms with van der Waals surface area (Å²) in [6, 6.07) is 9.45. The van der Waals surface area contributed by atoms with Crippen LogP contribution >= 0.6 is 0 Å². The summed E-state index contributed by atoms with van der Waals surface area (Å²) in [5.41, 5.74) is 1.05. The Morgan fingerprint density at radius 3 is 2.48 bits per heavy atom. The van der Waals surface area contributed by atoms with Crippen LogP contribution in [-0.2, 0) is 16.1 Å². The molecule has 0 aromatic heterocycles. The summed E-state index contributed by atoms with van der Waals surface area (Å²) in [6.45, 7) is 0.397. The normalized spacial score (nSPS) is 14.4. The van der Waals surface area contributed by atoms with Crippen molar-refractivity contribution in [1.82, 2.24) is 4.90 Å². The first-order chi connectivity index (χ1) is 10.1. The number of amides is 1. The van der Waals surface area contributed by atoms with Gasteiger partial charge in [0, 0.05) is 12.1 Å². The van der Waals surface area contributed by atoms with Crippen molar-refractivity contribution in [2.75, 3.05) is 13.2 Å². The van der Waals surface area contributed by atoms with Crippen molar-refractivity contribution in [2.45, 2.75) is 6.61 Å². The molecular formula is C15H15NO5. The summed E-state index contributed by atoms with van der Waals surface area (Å²) < 4.78 is 5.48. The molecular weight excluding hydrogens is 274 g/mol. The third-order valence-electron chi connectivity index (χ3n) is 2.98. The Bertz CT molecular complexity index is 591. The topological polar surface area (TPSA) is 87.1 Å². The highest BCUT2D eigenvalue weighted by atomic mass is 16.5. The SMILES string of the molecule is O=C(O)C1=C(COCc2ccccc2)C=CCN1C(=O)O. The maximum Gasteiger partial charge on any atom is 0.412 e. The molecule has 0 unspecified atom stereocenters. The number of hydrogen-bond acceptors (Lipinski definition) is 3. The summed E-state index contributed by atoms with van der Waals surface area (Å²) in [7, 11) is 0. The van der Waals surface area contributed by atoms with Crippen LogP contribution in [0.4, 0.5) is 4.79 Å². The van der Waals surface area contributed by atoms with E-state index < -0.39 is 12.1 Å². The molecule has 0 saturated heterocycles. The lowest BCUT2D eigenvalue weighted by Crippen LogP contribution is -2.36. The fraction of sp³-hybridized carbons (Fsp3) is 0.200. The third-order valence-corrected chi connectivity index (χ3v) is 2.98. The van der Waals surface area contributed by atoms with Gasteiger partial charge in [-0.2, -0.15) is 0 Å². The van der Waals surface area contributed by atoms with E-state index >= 15 is 0 Å². The van der Waals surface area contributed by atoms with Gasteiger partial charge < -0.3 is 14.9 Å². The molecule has 0 saturated carbocycles. The second-order valence-electron chi connectivity index (χ2n) is 4.45. The summed E-state index contributed by atoms with van der Waals surface area (Å²) in [5.74, 6) is -1.28. The molecule has 1 aliphatic rings. The monoisotopic (exact) mass is 289 g/mol. The molecule has 1 aliphatic heterocycles. The molecule has 6 heteroatoms. The van der Waals surface area contributed by atoms with E-state index in [1.165, 1.54) is 0 Å². The molecule has 0 fully saturated rings. The molecule has 2 rings (SSSR count). The number of carboxylic acids is 1. The maximum absolute atomic E-state index is 11.3. The third kappa shape index (κ3) is 3.70. The van der Waals surface area contributed by atoms with Crippen molar-refractivity contribution in [3.63, 3.8) is 0 Å². The Morgan fingerprint density at radius 1 is 1.14 bits per heavy atom. The molecule has 1 aromatic carbocycles. The van der Waals surface area contributed by atoms with Crippen molar-refractivity contribution in [3.05, 3.63) is 59.3 Å². The number of nitrogens with zero attached hydrogens (tertiary/aromatic N) is 1. The molecule has 0 atom stereocenters. The summed E-state index contributed by atoms with van der Waals surface area (Å²) >= 11 is 0. The molecule has 0 spiro atoms. The molecule has 110 valence electrons. The van der Waals surface area contributed by atoms with Crippen LogP contribution in [0.15, 0.2) is 53.8 Å². The zero-order valence-corrected chi connectivity index (χ0v) is 11.2. The zero-order valence-electron chi connectivity index (χ0n) is 11.2. The smallest absolute Gasteiger partial charge is 0.412 e. The maximum atomic E-state index is 11.3. The molecule has 1 aromatic rings. The summed E-state index contributed by atoms with van der Waals surface area (Å²) in [5, 5.41) is 18.2. The molecule has 6 nitrogen and oxygen atoms in total. The second kappa shape index (κ2) is 6.71. The Balaban J connectivity index is 2.08. The van der Waals surface area contributed by atoms with Gasteiger partial charge >= 0.3 is 12.1 Å². The molecule has 2 N–H and O–H groups in total. The van der Waals surface area contributed by atoms with Crippen LogP contribution in [0.1, 0.15) is 5.56 Å². The van der Waals surface area contributed by atoms with Crippen LogP contribution in [0.2, 0.25) is 0 Å². The van der Waals surface area contributed by atoms with Crippen LogP contribution < -0.4 is 0 Å². The van der Waals surface area contributed by atoms with Crippen molar-refractivity contribution in [3.8, 4) is 0 Å². The highest BCUT2D eigenvalue weighted by molar-refractivity contribution is 5.92. The predicted octanol–water partition coefficient (Wildman–Crippen LogP) is 2.09. The van der Waals surface area contributed by atoms with Gasteiger partial charge in [-0.1, -0.05) is 42.5 Å². The van der Waals surface area contributed by atoms with Gasteiger partial charge in [0.15, 0.2) is 0 Å². The number of ether oxygens (including phenoxy) is 1. The molecule has 0 bridgehead atoms. The second-order valence-corrected chi connectivity index (χ2v) is 4.45. The lowest BCUT2D eigenvalue weighted by molar-refractivity contribution is -0.134. The minimum atomic E-state index is -1.29. The number of carbonyl (C=O) groups is 2. The molecule has 0 radical (unpaired) electrons. The Morgan fingerprint density at radius 2 is 1.86 bits per heavy atom. The van der Waals surface area contributed by atoms with E-state index in [9.17, 15) is 14.7 Å². The Kier molecular flexibility index (Phi) is 4.73. The van der Waals surface area contributed by atoms with Gasteiger partial charge in [0.2, 0.25) is 0 Å². The van der Waals surface area contributed by atoms with Gasteiger partial charge in [-0.3, -0.25) is 4.90 Å². The number of hydrogen-bond donors (Lipinski definition) is 2. The molecule has 1 amide bonds. The van der Waals surface area contributed by atoms with Crippen LogP contribution in [0.3, 0.4) is 0 Å². The van der Waals surface area contributed by atoms with Crippen LogP contribution in [0.5, 0.6) is 0 Å². The minimum Gasteiger partial charge on any atom is -0.477 e. The van der Waals surface area contributed by atoms with E-state index in [0.717, 1.165) is 10.5 Å². The standard InChI is InChI=1S/C15H15NO5/c17-14(18)13-12(7-4-8-16(13)15(19)20)10-21-9-11-5-2-1-3-6-11/h1-7H,8-10H2,(H,17,18)(H,19,20). The van der Waals surface area contributed by atoms with Gasteiger partial charge in [0.25, 0.3) is 0 Å². The van der Waals surface area contributed by atoms with Crippen LogP contribution in [0.25, 0.3) is 0 Å². The van der Waals surface area contributed by atoms with Crippen molar-refractivity contribution in [2.24, 2.45) is 0 Å². The zero-order chi connectivity index (χ0) is 15.2. The highest BCUT2D eigenvalue weighted by Crippen LogP contribution is 2.18. The fourth-order valence-corrected chi connectivity index (χ4v) is 2.04. The summed E-state index contributed by atoms with van der Waals surface area (Å²) in [6.07, 6.45) is 1.90. The first kappa shape index (κ1) is 14.8. The van der Waals surface area contributed by atoms with Gasteiger partial charge in [-0.15, -0.1) is 0 Å². The quantitative estimate of drug-likeness (QED) is 0.866. The van der Waals surface area contributed by atoms with E-state index in [4.69, 9.17) is 9.84 Å². The average Bonchev–Trinajstić information content (AvgIpc) is 2.47. The van der Waals surface area contributed by atoms with E-state index in [-0.39, 0.29) is 18.8 Å². The first-order valence-electron chi connectivity index (χ1n) is 6.34. The van der Waals surface area contributed by atoms with Gasteiger partial charge in [0.1, 0.15) is 5.70 Å². The van der Waals surface area contributed by atoms with E-state index in [0.29, 0.717) is 12.2 Å². The largest absolute Gasteiger partial charge is 0.477 e. The van der Waals surface area contributed by atoms with Crippen LogP contribution in [-0.4, -0.2) is 40.3 Å². The lowest BCUT2D eigenvalue weighted by Gasteiger charge is -2.23. The van der Waals surface area contributed by atoms with Crippen molar-refractivity contribution >= 4 is 12.1 Å². The molecule has 0 aliphatic carbocycles. The van der Waals surface area contributed by atoms with E-state index in [2.05, 4.69) is 0 Å². The predicted molar refractivity (Wildman–Crippen MR) is 74.6 cm³/mol. The lowest BCUT2D eigenvalue weighted by atomic mass is 10.1. The minimum absolute atomic E-state index is 0.0269. The van der Waals surface area contributed by atoms with Crippen molar-refractivity contribution < 1.29 is 24.5 Å². The van der Waals surface area contributed by atoms with Gasteiger partial charge in [-0.05, 0) is 5.56 Å². The number of carboxylic acid groups (broad SMARTS) is 2. The Labute approximate surface area is 121 Å². The van der Waals surface area contributed by atoms with Crippen LogP contribution in [0, 0.1) is 0 Å². The Hall–Kier alpha value is -2.60. The molecule has 21 heavy (non-hydrogen) atoms. The molecule has 1 heterocycles. The highest BCUT2D eigenvalue weighted by Gasteiger charge is 2.27. The first-order valence-corrected chi connectivity index (χ1v) is 6.34. The van der Waals surface area contributed by atoms with Crippen molar-refractivity contribution in [1.29, 1.82) is 0 Å². The van der Waals surface area contributed by atoms with E-state index in [1.807, 2.05) is 30.3 Å². The van der Waals surface area contributed by atoms with E-state index in [1.54, 1.807) is 12.2 Å². The number of aliphatic carboxylic acids is 1. The number of benzene rings is 1. The average molecular weight is 289 g/mol. The van der Waals surface area contributed by atoms with Gasteiger partial charge in [-0.25, -0.2) is 9.59 Å². The number of rotatable bonds is 5. The summed E-state index contributed by atoms with van der Waals surface area (Å²) in [4.78, 5) is 23.1. The fourth-order valence-electron chi connectivity index (χ4n) is 2.04. The van der Waals surface area contributed by atoms with Gasteiger partial charge in [0.05, 0.1) is 13.2 Å².